The molecule has 2 N–H and O–H groups in total. The molecule has 1 amide bonds. The maximum absolute atomic E-state index is 13.4. The van der Waals surface area contributed by atoms with Gasteiger partial charge in [-0.3, -0.25) is 9.69 Å². The second-order valence-electron chi connectivity index (χ2n) is 8.89. The van der Waals surface area contributed by atoms with Crippen molar-refractivity contribution in [3.8, 4) is 0 Å². The molecule has 0 radical (unpaired) electrons. The third-order valence-electron chi connectivity index (χ3n) is 6.28. The van der Waals surface area contributed by atoms with Crippen molar-refractivity contribution in [2.24, 2.45) is 0 Å². The number of hydrogen-bond donors (Lipinski definition) is 2. The van der Waals surface area contributed by atoms with Gasteiger partial charge in [0.2, 0.25) is 5.91 Å². The molecule has 31 heavy (non-hydrogen) atoms. The monoisotopic (exact) mass is 424 g/mol. The van der Waals surface area contributed by atoms with Crippen molar-refractivity contribution in [2.45, 2.75) is 44.8 Å². The average Bonchev–Trinajstić information content (AvgIpc) is 2.76. The minimum absolute atomic E-state index is 0.188. The molecule has 0 unspecified atom stereocenters. The number of carbonyl (C=O) groups is 1. The third-order valence-corrected chi connectivity index (χ3v) is 6.28. The molecule has 2 aromatic rings. The number of amides is 1. The van der Waals surface area contributed by atoms with Gasteiger partial charge >= 0.3 is 0 Å². The van der Waals surface area contributed by atoms with Crippen molar-refractivity contribution in [3.05, 3.63) is 65.5 Å². The van der Waals surface area contributed by atoms with Gasteiger partial charge in [0.25, 0.3) is 0 Å². The van der Waals surface area contributed by atoms with Crippen LogP contribution in [0.15, 0.2) is 48.5 Å². The van der Waals surface area contributed by atoms with E-state index in [1.54, 1.807) is 6.07 Å². The maximum atomic E-state index is 13.4. The van der Waals surface area contributed by atoms with Gasteiger partial charge in [0.15, 0.2) is 0 Å². The molecule has 4 rings (SSSR count). The van der Waals surface area contributed by atoms with Gasteiger partial charge < -0.3 is 15.5 Å². The summed E-state index contributed by atoms with van der Waals surface area (Å²) >= 11 is 0. The SMILES string of the molecule is C[C@H]1CN(Cc2ccc(CC(=O)N3CCC(Nc4cccc(F)c4)CC3)cc2)CCN1. The van der Waals surface area contributed by atoms with E-state index in [0.29, 0.717) is 12.5 Å². The van der Waals surface area contributed by atoms with Gasteiger partial charge in [0, 0.05) is 57.0 Å². The molecule has 2 aliphatic rings. The summed E-state index contributed by atoms with van der Waals surface area (Å²) < 4.78 is 13.4. The normalized spacial score (nSPS) is 20.6. The van der Waals surface area contributed by atoms with Crippen molar-refractivity contribution in [3.63, 3.8) is 0 Å². The van der Waals surface area contributed by atoms with Crippen molar-refractivity contribution < 1.29 is 9.18 Å². The van der Waals surface area contributed by atoms with E-state index in [1.807, 2.05) is 11.0 Å². The van der Waals surface area contributed by atoms with Crippen LogP contribution < -0.4 is 10.6 Å². The molecule has 0 aliphatic carbocycles. The highest BCUT2D eigenvalue weighted by molar-refractivity contribution is 5.78. The Hall–Kier alpha value is -2.44. The van der Waals surface area contributed by atoms with Crippen molar-refractivity contribution in [1.29, 1.82) is 0 Å². The van der Waals surface area contributed by atoms with Crippen LogP contribution in [0, 0.1) is 5.82 Å². The maximum Gasteiger partial charge on any atom is 0.226 e. The second-order valence-corrected chi connectivity index (χ2v) is 8.89. The Morgan fingerprint density at radius 3 is 2.55 bits per heavy atom. The van der Waals surface area contributed by atoms with Gasteiger partial charge in [-0.1, -0.05) is 30.3 Å². The summed E-state index contributed by atoms with van der Waals surface area (Å²) in [7, 11) is 0. The molecule has 166 valence electrons. The Bertz CT molecular complexity index is 864. The molecule has 0 bridgehead atoms. The molecule has 6 heteroatoms. The Labute approximate surface area is 184 Å². The first-order chi connectivity index (χ1) is 15.0. The summed E-state index contributed by atoms with van der Waals surface area (Å²) in [5.41, 5.74) is 3.18. The number of likely N-dealkylation sites (tertiary alicyclic amines) is 1. The smallest absolute Gasteiger partial charge is 0.226 e. The first-order valence-electron chi connectivity index (χ1n) is 11.4. The van der Waals surface area contributed by atoms with Gasteiger partial charge in [0.05, 0.1) is 6.42 Å². The number of carbonyl (C=O) groups excluding carboxylic acids is 1. The predicted molar refractivity (Wildman–Crippen MR) is 123 cm³/mol. The van der Waals surface area contributed by atoms with Crippen LogP contribution in [0.1, 0.15) is 30.9 Å². The average molecular weight is 425 g/mol. The number of hydrogen-bond acceptors (Lipinski definition) is 4. The number of anilines is 1. The van der Waals surface area contributed by atoms with E-state index in [9.17, 15) is 9.18 Å². The fourth-order valence-electron chi connectivity index (χ4n) is 4.55. The van der Waals surface area contributed by atoms with Crippen LogP contribution in [-0.2, 0) is 17.8 Å². The van der Waals surface area contributed by atoms with Gasteiger partial charge in [-0.2, -0.15) is 0 Å². The molecule has 5 nitrogen and oxygen atoms in total. The zero-order chi connectivity index (χ0) is 21.6. The van der Waals surface area contributed by atoms with E-state index in [4.69, 9.17) is 0 Å². The zero-order valence-corrected chi connectivity index (χ0v) is 18.3. The van der Waals surface area contributed by atoms with Gasteiger partial charge in [-0.15, -0.1) is 0 Å². The lowest BCUT2D eigenvalue weighted by Gasteiger charge is -2.33. The minimum atomic E-state index is -0.230. The lowest BCUT2D eigenvalue weighted by atomic mass is 10.0. The van der Waals surface area contributed by atoms with Crippen LogP contribution in [0.5, 0.6) is 0 Å². The Morgan fingerprint density at radius 1 is 1.10 bits per heavy atom. The standard InChI is InChI=1S/C25H33FN4O/c1-19-17-29(14-11-27-19)18-21-7-5-20(6-8-21)15-25(31)30-12-9-23(10-13-30)28-24-4-2-3-22(26)16-24/h2-8,16,19,23,27-28H,9-15,17-18H2,1H3/t19-/m0/s1. The predicted octanol–water partition coefficient (Wildman–Crippen LogP) is 3.27. The first kappa shape index (κ1) is 21.8. The highest BCUT2D eigenvalue weighted by Crippen LogP contribution is 2.18. The Balaban J connectivity index is 1.22. The summed E-state index contributed by atoms with van der Waals surface area (Å²) in [6, 6.07) is 15.9. The van der Waals surface area contributed by atoms with Crippen LogP contribution in [0.4, 0.5) is 10.1 Å². The lowest BCUT2D eigenvalue weighted by Crippen LogP contribution is -2.48. The number of benzene rings is 2. The summed E-state index contributed by atoms with van der Waals surface area (Å²) in [6.45, 7) is 7.87. The molecule has 2 fully saturated rings. The lowest BCUT2D eigenvalue weighted by molar-refractivity contribution is -0.131. The summed E-state index contributed by atoms with van der Waals surface area (Å²) in [5.74, 6) is -0.0426. The number of halogens is 1. The second kappa shape index (κ2) is 10.2. The summed E-state index contributed by atoms with van der Waals surface area (Å²) in [6.07, 6.45) is 2.21. The fourth-order valence-corrected chi connectivity index (χ4v) is 4.55. The molecule has 2 heterocycles. The van der Waals surface area contributed by atoms with Crippen molar-refractivity contribution in [2.75, 3.05) is 38.0 Å². The van der Waals surface area contributed by atoms with Crippen LogP contribution in [0.25, 0.3) is 0 Å². The number of rotatable bonds is 6. The summed E-state index contributed by atoms with van der Waals surface area (Å²) in [5, 5.41) is 6.86. The van der Waals surface area contributed by atoms with Gasteiger partial charge in [-0.25, -0.2) is 4.39 Å². The van der Waals surface area contributed by atoms with Crippen LogP contribution in [-0.4, -0.2) is 60.5 Å². The molecule has 0 saturated carbocycles. The molecule has 0 spiro atoms. The highest BCUT2D eigenvalue weighted by atomic mass is 19.1. The van der Waals surface area contributed by atoms with Gasteiger partial charge in [0.1, 0.15) is 5.82 Å². The molecule has 1 atom stereocenters. The van der Waals surface area contributed by atoms with E-state index in [2.05, 4.69) is 46.7 Å². The molecule has 2 aromatic carbocycles. The van der Waals surface area contributed by atoms with E-state index in [0.717, 1.165) is 63.4 Å². The first-order valence-corrected chi connectivity index (χ1v) is 11.4. The number of piperazine rings is 1. The van der Waals surface area contributed by atoms with E-state index < -0.39 is 0 Å². The van der Waals surface area contributed by atoms with E-state index in [1.165, 1.54) is 17.7 Å². The van der Waals surface area contributed by atoms with E-state index in [-0.39, 0.29) is 17.8 Å². The van der Waals surface area contributed by atoms with Gasteiger partial charge in [-0.05, 0) is 49.1 Å². The van der Waals surface area contributed by atoms with Crippen molar-refractivity contribution in [1.82, 2.24) is 15.1 Å². The summed E-state index contributed by atoms with van der Waals surface area (Å²) in [4.78, 5) is 17.2. The van der Waals surface area contributed by atoms with Crippen LogP contribution in [0.3, 0.4) is 0 Å². The molecular weight excluding hydrogens is 391 g/mol. The number of nitrogens with one attached hydrogen (secondary N) is 2. The third kappa shape index (κ3) is 6.28. The highest BCUT2D eigenvalue weighted by Gasteiger charge is 2.23. The number of piperidine rings is 1. The largest absolute Gasteiger partial charge is 0.382 e. The Morgan fingerprint density at radius 2 is 1.84 bits per heavy atom. The number of nitrogens with zero attached hydrogens (tertiary/aromatic N) is 2. The van der Waals surface area contributed by atoms with E-state index >= 15 is 0 Å². The topological polar surface area (TPSA) is 47.6 Å². The van der Waals surface area contributed by atoms with Crippen LogP contribution in [0.2, 0.25) is 0 Å². The molecule has 2 saturated heterocycles. The quantitative estimate of drug-likeness (QED) is 0.747. The molecule has 0 aromatic heterocycles. The fraction of sp³-hybridized carbons (Fsp3) is 0.480. The van der Waals surface area contributed by atoms with Crippen molar-refractivity contribution >= 4 is 11.6 Å². The minimum Gasteiger partial charge on any atom is -0.382 e. The Kier molecular flexibility index (Phi) is 7.20. The van der Waals surface area contributed by atoms with Crippen LogP contribution >= 0.6 is 0 Å². The zero-order valence-electron chi connectivity index (χ0n) is 18.3. The molecular formula is C25H33FN4O. The molecule has 2 aliphatic heterocycles.